The highest BCUT2D eigenvalue weighted by atomic mass is 16.5. The first kappa shape index (κ1) is 16.3. The molecular formula is C16H23N3O3. The smallest absolute Gasteiger partial charge is 0.321 e. The Morgan fingerprint density at radius 1 is 1.32 bits per heavy atom. The second kappa shape index (κ2) is 8.38. The van der Waals surface area contributed by atoms with E-state index in [0.29, 0.717) is 13.2 Å². The Morgan fingerprint density at radius 2 is 2.09 bits per heavy atom. The number of carbonyl (C=O) groups is 2. The van der Waals surface area contributed by atoms with Crippen LogP contribution in [0, 0.1) is 0 Å². The molecule has 3 amide bonds. The number of imide groups is 1. The van der Waals surface area contributed by atoms with E-state index in [9.17, 15) is 9.59 Å². The Labute approximate surface area is 130 Å². The van der Waals surface area contributed by atoms with E-state index in [-0.39, 0.29) is 18.5 Å². The predicted octanol–water partition coefficient (Wildman–Crippen LogP) is 1.38. The van der Waals surface area contributed by atoms with Crippen LogP contribution in [0.15, 0.2) is 30.3 Å². The van der Waals surface area contributed by atoms with Gasteiger partial charge in [-0.05, 0) is 38.4 Å². The van der Waals surface area contributed by atoms with Gasteiger partial charge in [0, 0.05) is 12.6 Å². The van der Waals surface area contributed by atoms with E-state index in [2.05, 4.69) is 15.5 Å². The molecule has 2 N–H and O–H groups in total. The van der Waals surface area contributed by atoms with Crippen LogP contribution in [0.2, 0.25) is 0 Å². The molecule has 1 aromatic rings. The lowest BCUT2D eigenvalue weighted by Gasteiger charge is -2.23. The lowest BCUT2D eigenvalue weighted by Crippen LogP contribution is -2.46. The molecule has 1 unspecified atom stereocenters. The van der Waals surface area contributed by atoms with Crippen LogP contribution in [-0.2, 0) is 4.79 Å². The van der Waals surface area contributed by atoms with Crippen molar-refractivity contribution in [3.05, 3.63) is 30.3 Å². The molecule has 0 aliphatic carbocycles. The third-order valence-electron chi connectivity index (χ3n) is 3.62. The van der Waals surface area contributed by atoms with Crippen molar-refractivity contribution in [3.63, 3.8) is 0 Å². The summed E-state index contributed by atoms with van der Waals surface area (Å²) in [5.41, 5.74) is 0. The molecule has 0 saturated carbocycles. The average Bonchev–Trinajstić information content (AvgIpc) is 2.93. The molecule has 120 valence electrons. The van der Waals surface area contributed by atoms with Gasteiger partial charge in [-0.2, -0.15) is 0 Å². The molecule has 6 nitrogen and oxygen atoms in total. The number of amides is 3. The normalized spacial score (nSPS) is 18.0. The van der Waals surface area contributed by atoms with Gasteiger partial charge in [0.2, 0.25) is 5.91 Å². The van der Waals surface area contributed by atoms with Crippen molar-refractivity contribution >= 4 is 11.9 Å². The number of hydrogen-bond acceptors (Lipinski definition) is 4. The maximum atomic E-state index is 11.8. The lowest BCUT2D eigenvalue weighted by molar-refractivity contribution is -0.121. The Hall–Kier alpha value is -2.08. The van der Waals surface area contributed by atoms with Crippen molar-refractivity contribution in [2.45, 2.75) is 25.8 Å². The first-order valence-corrected chi connectivity index (χ1v) is 7.68. The Balaban J connectivity index is 1.78. The monoisotopic (exact) mass is 305 g/mol. The number of likely N-dealkylation sites (tertiary alicyclic amines) is 1. The van der Waals surface area contributed by atoms with Gasteiger partial charge in [-0.25, -0.2) is 4.79 Å². The summed E-state index contributed by atoms with van der Waals surface area (Å²) in [5.74, 6) is 0.554. The third kappa shape index (κ3) is 5.04. The summed E-state index contributed by atoms with van der Waals surface area (Å²) in [6.07, 6.45) is 2.04. The van der Waals surface area contributed by atoms with Crippen molar-refractivity contribution in [1.29, 1.82) is 0 Å². The van der Waals surface area contributed by atoms with E-state index in [1.54, 1.807) is 0 Å². The topological polar surface area (TPSA) is 70.7 Å². The highest BCUT2D eigenvalue weighted by Crippen LogP contribution is 2.18. The molecule has 1 aliphatic rings. The molecule has 6 heteroatoms. The molecule has 0 spiro atoms. The second-order valence-corrected chi connectivity index (χ2v) is 5.30. The van der Waals surface area contributed by atoms with Gasteiger partial charge < -0.3 is 10.1 Å². The average molecular weight is 305 g/mol. The standard InChI is InChI=1S/C16H23N3O3/c1-2-17-16(21)18-15(20)11-19-10-6-7-13(19)12-22-14-8-4-3-5-9-14/h3-5,8-9,13H,2,6-7,10-12H2,1H3,(H2,17,18,20,21). The van der Waals surface area contributed by atoms with Crippen LogP contribution in [0.1, 0.15) is 19.8 Å². The van der Waals surface area contributed by atoms with Crippen LogP contribution in [-0.4, -0.2) is 49.1 Å². The molecule has 0 bridgehead atoms. The quantitative estimate of drug-likeness (QED) is 0.833. The van der Waals surface area contributed by atoms with Crippen molar-refractivity contribution in [1.82, 2.24) is 15.5 Å². The zero-order valence-corrected chi connectivity index (χ0v) is 12.9. The van der Waals surface area contributed by atoms with E-state index in [4.69, 9.17) is 4.74 Å². The molecule has 1 aromatic carbocycles. The molecule has 22 heavy (non-hydrogen) atoms. The molecular weight excluding hydrogens is 282 g/mol. The Bertz CT molecular complexity index is 493. The van der Waals surface area contributed by atoms with Gasteiger partial charge in [-0.3, -0.25) is 15.0 Å². The zero-order chi connectivity index (χ0) is 15.8. The number of rotatable bonds is 6. The number of nitrogens with one attached hydrogen (secondary N) is 2. The summed E-state index contributed by atoms with van der Waals surface area (Å²) in [6.45, 7) is 3.93. The van der Waals surface area contributed by atoms with Gasteiger partial charge >= 0.3 is 6.03 Å². The fourth-order valence-electron chi connectivity index (χ4n) is 2.56. The first-order valence-electron chi connectivity index (χ1n) is 7.68. The highest BCUT2D eigenvalue weighted by molar-refractivity contribution is 5.95. The molecule has 1 aliphatic heterocycles. The molecule has 0 aromatic heterocycles. The minimum absolute atomic E-state index is 0.209. The van der Waals surface area contributed by atoms with Gasteiger partial charge in [-0.15, -0.1) is 0 Å². The molecule has 1 saturated heterocycles. The molecule has 0 radical (unpaired) electrons. The summed E-state index contributed by atoms with van der Waals surface area (Å²) in [4.78, 5) is 25.2. The van der Waals surface area contributed by atoms with Crippen molar-refractivity contribution in [2.75, 3.05) is 26.2 Å². The lowest BCUT2D eigenvalue weighted by atomic mass is 10.2. The molecule has 2 rings (SSSR count). The number of urea groups is 1. The van der Waals surface area contributed by atoms with Gasteiger partial charge in [0.25, 0.3) is 0 Å². The fraction of sp³-hybridized carbons (Fsp3) is 0.500. The Morgan fingerprint density at radius 3 is 2.82 bits per heavy atom. The third-order valence-corrected chi connectivity index (χ3v) is 3.62. The summed E-state index contributed by atoms with van der Waals surface area (Å²) >= 11 is 0. The van der Waals surface area contributed by atoms with E-state index in [1.165, 1.54) is 0 Å². The SMILES string of the molecule is CCNC(=O)NC(=O)CN1CCCC1COc1ccccc1. The van der Waals surface area contributed by atoms with Crippen LogP contribution in [0.5, 0.6) is 5.75 Å². The highest BCUT2D eigenvalue weighted by Gasteiger charge is 2.27. The minimum Gasteiger partial charge on any atom is -0.492 e. The number of nitrogens with zero attached hydrogens (tertiary/aromatic N) is 1. The van der Waals surface area contributed by atoms with Crippen LogP contribution in [0.25, 0.3) is 0 Å². The first-order chi connectivity index (χ1) is 10.7. The minimum atomic E-state index is -0.441. The van der Waals surface area contributed by atoms with Crippen LogP contribution in [0.4, 0.5) is 4.79 Å². The van der Waals surface area contributed by atoms with E-state index < -0.39 is 6.03 Å². The molecule has 1 fully saturated rings. The Kier molecular flexibility index (Phi) is 6.21. The fourth-order valence-corrected chi connectivity index (χ4v) is 2.56. The van der Waals surface area contributed by atoms with Crippen LogP contribution < -0.4 is 15.4 Å². The van der Waals surface area contributed by atoms with Gasteiger partial charge in [0.15, 0.2) is 0 Å². The van der Waals surface area contributed by atoms with E-state index in [1.807, 2.05) is 37.3 Å². The van der Waals surface area contributed by atoms with E-state index >= 15 is 0 Å². The summed E-state index contributed by atoms with van der Waals surface area (Å²) in [7, 11) is 0. The van der Waals surface area contributed by atoms with Crippen LogP contribution in [0.3, 0.4) is 0 Å². The summed E-state index contributed by atoms with van der Waals surface area (Å²) in [5, 5.41) is 4.88. The molecule has 1 heterocycles. The maximum Gasteiger partial charge on any atom is 0.321 e. The van der Waals surface area contributed by atoms with Gasteiger partial charge in [-0.1, -0.05) is 18.2 Å². The van der Waals surface area contributed by atoms with Crippen molar-refractivity contribution in [2.24, 2.45) is 0 Å². The number of hydrogen-bond donors (Lipinski definition) is 2. The van der Waals surface area contributed by atoms with Crippen molar-refractivity contribution < 1.29 is 14.3 Å². The summed E-state index contributed by atoms with van der Waals surface area (Å²) in [6, 6.07) is 9.41. The van der Waals surface area contributed by atoms with E-state index in [0.717, 1.165) is 25.1 Å². The summed E-state index contributed by atoms with van der Waals surface area (Å²) < 4.78 is 5.77. The van der Waals surface area contributed by atoms with Gasteiger partial charge in [0.05, 0.1) is 6.54 Å². The number of carbonyl (C=O) groups excluding carboxylic acids is 2. The second-order valence-electron chi connectivity index (χ2n) is 5.30. The number of para-hydroxylation sites is 1. The van der Waals surface area contributed by atoms with Crippen molar-refractivity contribution in [3.8, 4) is 5.75 Å². The van der Waals surface area contributed by atoms with Crippen LogP contribution >= 0.6 is 0 Å². The maximum absolute atomic E-state index is 11.8. The zero-order valence-electron chi connectivity index (χ0n) is 12.9. The number of benzene rings is 1. The van der Waals surface area contributed by atoms with Gasteiger partial charge in [0.1, 0.15) is 12.4 Å². The largest absolute Gasteiger partial charge is 0.492 e. The molecule has 1 atom stereocenters. The predicted molar refractivity (Wildman–Crippen MR) is 83.7 cm³/mol. The number of ether oxygens (including phenoxy) is 1.